The number of carbonyl (C=O) groups is 1. The second-order valence-electron chi connectivity index (χ2n) is 8.36. The highest BCUT2D eigenvalue weighted by Crippen LogP contribution is 2.40. The first kappa shape index (κ1) is 21.2. The summed E-state index contributed by atoms with van der Waals surface area (Å²) in [5.74, 6) is -3.07. The summed E-state index contributed by atoms with van der Waals surface area (Å²) in [7, 11) is 1.48. The first-order valence-corrected chi connectivity index (χ1v) is 10.7. The number of nitrogens with two attached hydrogens (primary N) is 1. The van der Waals surface area contributed by atoms with Gasteiger partial charge in [-0.1, -0.05) is 6.07 Å². The fourth-order valence-electron chi connectivity index (χ4n) is 4.36. The quantitative estimate of drug-likeness (QED) is 0.482. The van der Waals surface area contributed by atoms with Crippen molar-refractivity contribution in [3.8, 4) is 0 Å². The number of hydrogen-bond acceptors (Lipinski definition) is 4. The van der Waals surface area contributed by atoms with E-state index < -0.39 is 17.5 Å². The van der Waals surface area contributed by atoms with Gasteiger partial charge in [0, 0.05) is 42.5 Å². The highest BCUT2D eigenvalue weighted by atomic mass is 19.2. The average molecular weight is 453 g/mol. The summed E-state index contributed by atoms with van der Waals surface area (Å²) in [4.78, 5) is 23.8. The molecule has 170 valence electrons. The number of rotatable bonds is 4. The van der Waals surface area contributed by atoms with E-state index in [0.717, 1.165) is 36.3 Å². The Morgan fingerprint density at radius 3 is 2.55 bits per heavy atom. The summed E-state index contributed by atoms with van der Waals surface area (Å²) in [5.41, 5.74) is 8.77. The van der Waals surface area contributed by atoms with Crippen molar-refractivity contribution in [3.63, 3.8) is 0 Å². The molecule has 0 saturated heterocycles. The van der Waals surface area contributed by atoms with Crippen LogP contribution in [0.25, 0.3) is 5.52 Å². The summed E-state index contributed by atoms with van der Waals surface area (Å²) in [6.07, 6.45) is 4.38. The van der Waals surface area contributed by atoms with Crippen LogP contribution in [0.3, 0.4) is 0 Å². The highest BCUT2D eigenvalue weighted by Gasteiger charge is 2.33. The van der Waals surface area contributed by atoms with Gasteiger partial charge in [0.2, 0.25) is 0 Å². The van der Waals surface area contributed by atoms with Gasteiger partial charge in [-0.2, -0.15) is 0 Å². The molecule has 2 aromatic heterocycles. The first-order chi connectivity index (χ1) is 15.9. The predicted molar refractivity (Wildman–Crippen MR) is 118 cm³/mol. The number of carbonyl (C=O) groups excluding carboxylic acids is 1. The number of hydrogen-bond donors (Lipinski definition) is 1. The number of benzene rings is 1. The minimum atomic E-state index is -1.53. The molecule has 0 radical (unpaired) electrons. The molecule has 1 aromatic carbocycles. The van der Waals surface area contributed by atoms with Crippen LogP contribution in [-0.4, -0.2) is 46.0 Å². The van der Waals surface area contributed by atoms with Gasteiger partial charge in [-0.15, -0.1) is 0 Å². The number of imidazole rings is 1. The van der Waals surface area contributed by atoms with E-state index in [9.17, 15) is 18.0 Å². The molecule has 0 atom stereocenters. The van der Waals surface area contributed by atoms with Gasteiger partial charge >= 0.3 is 0 Å². The molecule has 33 heavy (non-hydrogen) atoms. The molecule has 1 aliphatic heterocycles. The Bertz CT molecular complexity index is 1320. The smallest absolute Gasteiger partial charge is 0.275 e. The number of amides is 1. The minimum absolute atomic E-state index is 0.0980. The molecule has 1 amide bonds. The number of aromatic nitrogens is 2. The zero-order valence-corrected chi connectivity index (χ0v) is 18.0. The molecular formula is C24H22F3N5O. The average Bonchev–Trinajstić information content (AvgIpc) is 3.58. The van der Waals surface area contributed by atoms with Gasteiger partial charge in [-0.3, -0.25) is 9.79 Å². The number of nitrogens with zero attached hydrogens (tertiary/aromatic N) is 4. The zero-order valence-electron chi connectivity index (χ0n) is 18.0. The molecule has 5 rings (SSSR count). The summed E-state index contributed by atoms with van der Waals surface area (Å²) in [5, 5.41) is 0. The predicted octanol–water partition coefficient (Wildman–Crippen LogP) is 3.81. The maximum Gasteiger partial charge on any atom is 0.275 e. The van der Waals surface area contributed by atoms with Gasteiger partial charge < -0.3 is 15.0 Å². The Hall–Kier alpha value is -3.62. The molecule has 3 heterocycles. The molecule has 1 fully saturated rings. The van der Waals surface area contributed by atoms with Crippen molar-refractivity contribution >= 4 is 17.1 Å². The normalized spacial score (nSPS) is 17.2. The minimum Gasteiger partial charge on any atom is -0.400 e. The molecule has 0 unspecified atom stereocenters. The molecule has 2 N–H and O–H groups in total. The number of fused-ring (bicyclic) bond motifs is 1. The standard InChI is InChI=1S/C24H22F3N5O/c1-29-21(14-10-16(25)20(27)17(26)11-14)15-7-9-31(12-18(15)28)24(33)22-19-4-2-3-8-32(19)23(30-22)13-5-6-13/h2-4,8,10-11,13H,5-7,9,12,28H2,1H3. The summed E-state index contributed by atoms with van der Waals surface area (Å²) in [6, 6.07) is 7.46. The SMILES string of the molecule is CN=C(C1=C(N)CN(C(=O)c2nc(C3CC3)n3ccccc23)CC1)c1cc(F)c(F)c(F)c1. The maximum atomic E-state index is 13.8. The highest BCUT2D eigenvalue weighted by molar-refractivity contribution is 6.13. The first-order valence-electron chi connectivity index (χ1n) is 10.7. The largest absolute Gasteiger partial charge is 0.400 e. The maximum absolute atomic E-state index is 13.8. The van der Waals surface area contributed by atoms with Gasteiger partial charge in [-0.05, 0) is 43.5 Å². The summed E-state index contributed by atoms with van der Waals surface area (Å²) in [6.45, 7) is 0.467. The zero-order chi connectivity index (χ0) is 23.3. The second kappa shape index (κ2) is 8.06. The fraction of sp³-hybridized carbons (Fsp3) is 0.292. The molecule has 0 bridgehead atoms. The summed E-state index contributed by atoms with van der Waals surface area (Å²) >= 11 is 0. The third-order valence-electron chi connectivity index (χ3n) is 6.16. The molecule has 2 aliphatic rings. The van der Waals surface area contributed by atoms with Crippen LogP contribution in [0.4, 0.5) is 13.2 Å². The van der Waals surface area contributed by atoms with Crippen LogP contribution in [0.5, 0.6) is 0 Å². The Morgan fingerprint density at radius 1 is 1.18 bits per heavy atom. The Labute approximate surface area is 188 Å². The van der Waals surface area contributed by atoms with Crippen molar-refractivity contribution in [1.29, 1.82) is 0 Å². The third-order valence-corrected chi connectivity index (χ3v) is 6.16. The Balaban J connectivity index is 1.44. The molecule has 6 nitrogen and oxygen atoms in total. The van der Waals surface area contributed by atoms with Gasteiger partial charge in [0.15, 0.2) is 23.1 Å². The molecule has 3 aromatic rings. The van der Waals surface area contributed by atoms with Crippen LogP contribution in [0.15, 0.2) is 52.8 Å². The van der Waals surface area contributed by atoms with Crippen molar-refractivity contribution in [2.75, 3.05) is 20.1 Å². The van der Waals surface area contributed by atoms with Crippen LogP contribution < -0.4 is 5.73 Å². The van der Waals surface area contributed by atoms with E-state index in [0.29, 0.717) is 35.8 Å². The van der Waals surface area contributed by atoms with Gasteiger partial charge in [0.05, 0.1) is 17.8 Å². The van der Waals surface area contributed by atoms with Crippen LogP contribution in [0.1, 0.15) is 47.1 Å². The fourth-order valence-corrected chi connectivity index (χ4v) is 4.36. The van der Waals surface area contributed by atoms with Crippen molar-refractivity contribution in [1.82, 2.24) is 14.3 Å². The van der Waals surface area contributed by atoms with Gasteiger partial charge in [-0.25, -0.2) is 18.2 Å². The lowest BCUT2D eigenvalue weighted by Crippen LogP contribution is -2.40. The Kier molecular flexibility index (Phi) is 5.19. The van der Waals surface area contributed by atoms with Crippen LogP contribution in [-0.2, 0) is 0 Å². The van der Waals surface area contributed by atoms with Gasteiger partial charge in [0.25, 0.3) is 5.91 Å². The molecule has 1 saturated carbocycles. The summed E-state index contributed by atoms with van der Waals surface area (Å²) < 4.78 is 42.9. The lowest BCUT2D eigenvalue weighted by molar-refractivity contribution is 0.0760. The number of halogens is 3. The van der Waals surface area contributed by atoms with Crippen molar-refractivity contribution in [3.05, 3.63) is 82.3 Å². The molecule has 0 spiro atoms. The van der Waals surface area contributed by atoms with Crippen molar-refractivity contribution in [2.45, 2.75) is 25.2 Å². The monoisotopic (exact) mass is 453 g/mol. The number of aliphatic imine (C=N–C) groups is 1. The molecular weight excluding hydrogens is 431 g/mol. The van der Waals surface area contributed by atoms with Crippen molar-refractivity contribution < 1.29 is 18.0 Å². The van der Waals surface area contributed by atoms with E-state index >= 15 is 0 Å². The van der Waals surface area contributed by atoms with Crippen molar-refractivity contribution in [2.24, 2.45) is 10.7 Å². The lowest BCUT2D eigenvalue weighted by atomic mass is 9.94. The lowest BCUT2D eigenvalue weighted by Gasteiger charge is -2.29. The van der Waals surface area contributed by atoms with E-state index in [1.54, 1.807) is 4.90 Å². The van der Waals surface area contributed by atoms with E-state index in [4.69, 9.17) is 5.73 Å². The second-order valence-corrected chi connectivity index (χ2v) is 8.36. The van der Waals surface area contributed by atoms with Crippen LogP contribution >= 0.6 is 0 Å². The third kappa shape index (κ3) is 3.67. The van der Waals surface area contributed by atoms with E-state index in [1.807, 2.05) is 28.8 Å². The molecule has 9 heteroatoms. The van der Waals surface area contributed by atoms with E-state index in [-0.39, 0.29) is 23.7 Å². The Morgan fingerprint density at radius 2 is 1.91 bits per heavy atom. The topological polar surface area (TPSA) is 76.0 Å². The van der Waals surface area contributed by atoms with E-state index in [2.05, 4.69) is 9.98 Å². The van der Waals surface area contributed by atoms with Crippen LogP contribution in [0, 0.1) is 17.5 Å². The molecule has 1 aliphatic carbocycles. The van der Waals surface area contributed by atoms with Gasteiger partial charge in [0.1, 0.15) is 5.82 Å². The van der Waals surface area contributed by atoms with Crippen LogP contribution in [0.2, 0.25) is 0 Å². The van der Waals surface area contributed by atoms with E-state index in [1.165, 1.54) is 7.05 Å². The number of pyridine rings is 1.